The number of ether oxygens (including phenoxy) is 1. The van der Waals surface area contributed by atoms with Gasteiger partial charge in [0.25, 0.3) is 0 Å². The lowest BCUT2D eigenvalue weighted by molar-refractivity contribution is -0.110. The van der Waals surface area contributed by atoms with E-state index < -0.39 is 6.10 Å². The maximum Gasteiger partial charge on any atom is 0.160 e. The van der Waals surface area contributed by atoms with Crippen molar-refractivity contribution in [2.45, 2.75) is 36.1 Å². The highest BCUT2D eigenvalue weighted by atomic mass is 16.5. The zero-order valence-corrected chi connectivity index (χ0v) is 11.6. The first-order valence-corrected chi connectivity index (χ1v) is 7.15. The zero-order chi connectivity index (χ0) is 14.7. The molecule has 112 valence electrons. The molecule has 1 spiro atoms. The molecule has 2 N–H and O–H groups in total. The third-order valence-corrected chi connectivity index (χ3v) is 5.16. The summed E-state index contributed by atoms with van der Waals surface area (Å²) in [5, 5.41) is 27.3. The molecule has 1 aromatic heterocycles. The van der Waals surface area contributed by atoms with Gasteiger partial charge >= 0.3 is 0 Å². The molecule has 4 heterocycles. The molecule has 21 heavy (non-hydrogen) atoms. The summed E-state index contributed by atoms with van der Waals surface area (Å²) in [6.45, 7) is 2.22. The van der Waals surface area contributed by atoms with Crippen molar-refractivity contribution in [1.29, 1.82) is 0 Å². The van der Waals surface area contributed by atoms with Crippen LogP contribution in [0.25, 0.3) is 0 Å². The van der Waals surface area contributed by atoms with Crippen molar-refractivity contribution in [3.05, 3.63) is 11.9 Å². The van der Waals surface area contributed by atoms with Crippen LogP contribution in [0.15, 0.2) is 6.20 Å². The van der Waals surface area contributed by atoms with Crippen LogP contribution in [0.1, 0.15) is 24.6 Å². The van der Waals surface area contributed by atoms with E-state index in [1.807, 2.05) is 4.68 Å². The van der Waals surface area contributed by atoms with Crippen LogP contribution in [0.4, 0.5) is 0 Å². The lowest BCUT2D eigenvalue weighted by Gasteiger charge is -2.51. The van der Waals surface area contributed by atoms with Crippen molar-refractivity contribution in [2.24, 2.45) is 0 Å². The van der Waals surface area contributed by atoms with Gasteiger partial charge in [-0.3, -0.25) is 4.90 Å². The Morgan fingerprint density at radius 1 is 1.52 bits per heavy atom. The van der Waals surface area contributed by atoms with Crippen molar-refractivity contribution in [3.8, 4) is 12.3 Å². The molecular formula is C14H18N4O3. The SMILES string of the molecule is C#C[C@H](O)c1cn(C23CN4C(CO)COCC4(C2)C3)nn1. The summed E-state index contributed by atoms with van der Waals surface area (Å²) < 4.78 is 7.49. The van der Waals surface area contributed by atoms with Gasteiger partial charge in [0.2, 0.25) is 0 Å². The Balaban J connectivity index is 1.61. The maximum absolute atomic E-state index is 9.65. The fourth-order valence-electron chi connectivity index (χ4n) is 4.25. The Morgan fingerprint density at radius 2 is 2.33 bits per heavy atom. The number of nitrogens with zero attached hydrogens (tertiary/aromatic N) is 4. The molecule has 0 amide bonds. The van der Waals surface area contributed by atoms with Gasteiger partial charge in [-0.2, -0.15) is 0 Å². The van der Waals surface area contributed by atoms with Gasteiger partial charge in [0.05, 0.1) is 37.6 Å². The highest BCUT2D eigenvalue weighted by molar-refractivity contribution is 5.24. The van der Waals surface area contributed by atoms with Crippen LogP contribution in [-0.4, -0.2) is 68.1 Å². The van der Waals surface area contributed by atoms with Gasteiger partial charge < -0.3 is 14.9 Å². The van der Waals surface area contributed by atoms with E-state index in [0.717, 1.165) is 19.4 Å². The van der Waals surface area contributed by atoms with Gasteiger partial charge in [-0.1, -0.05) is 11.1 Å². The van der Waals surface area contributed by atoms with Gasteiger partial charge in [-0.25, -0.2) is 4.68 Å². The first kappa shape index (κ1) is 13.2. The van der Waals surface area contributed by atoms with E-state index in [-0.39, 0.29) is 23.7 Å². The molecule has 4 fully saturated rings. The van der Waals surface area contributed by atoms with Crippen LogP contribution in [0.2, 0.25) is 0 Å². The molecule has 1 aliphatic carbocycles. The van der Waals surface area contributed by atoms with Crippen LogP contribution < -0.4 is 0 Å². The summed E-state index contributed by atoms with van der Waals surface area (Å²) in [5.74, 6) is 2.25. The average molecular weight is 290 g/mol. The highest BCUT2D eigenvalue weighted by Crippen LogP contribution is 2.59. The third-order valence-electron chi connectivity index (χ3n) is 5.16. The molecule has 1 aromatic rings. The summed E-state index contributed by atoms with van der Waals surface area (Å²) in [5.41, 5.74) is 0.330. The first-order valence-electron chi connectivity index (χ1n) is 7.15. The standard InChI is InChI=1S/C14H18N4O3/c1-2-12(20)11-3-18(16-15-11)13-6-14(7-13)9-21-5-10(4-19)17(14)8-13/h1,3,10,12,19-20H,4-9H2/t10?,12-,13?,14?/m0/s1. The Bertz CT molecular complexity index is 602. The Labute approximate surface area is 122 Å². The number of aliphatic hydroxyl groups excluding tert-OH is 2. The number of terminal acetylenes is 1. The molecule has 2 atom stereocenters. The van der Waals surface area contributed by atoms with E-state index >= 15 is 0 Å². The molecule has 0 radical (unpaired) electrons. The fraction of sp³-hybridized carbons (Fsp3) is 0.714. The predicted molar refractivity (Wildman–Crippen MR) is 72.2 cm³/mol. The smallest absolute Gasteiger partial charge is 0.160 e. The lowest BCUT2D eigenvalue weighted by Crippen LogP contribution is -2.62. The monoisotopic (exact) mass is 290 g/mol. The molecule has 2 bridgehead atoms. The van der Waals surface area contributed by atoms with E-state index in [9.17, 15) is 10.2 Å². The normalized spacial score (nSPS) is 39.4. The summed E-state index contributed by atoms with van der Waals surface area (Å²) in [7, 11) is 0. The molecule has 3 saturated heterocycles. The number of hydrogen-bond donors (Lipinski definition) is 2. The number of morpholine rings is 1. The number of aliphatic hydroxyl groups is 2. The molecule has 1 saturated carbocycles. The largest absolute Gasteiger partial charge is 0.395 e. The zero-order valence-electron chi connectivity index (χ0n) is 11.6. The van der Waals surface area contributed by atoms with Crippen LogP contribution in [0, 0.1) is 12.3 Å². The minimum atomic E-state index is -1.01. The van der Waals surface area contributed by atoms with Crippen LogP contribution >= 0.6 is 0 Å². The summed E-state index contributed by atoms with van der Waals surface area (Å²) in [6.07, 6.45) is 7.81. The van der Waals surface area contributed by atoms with E-state index in [1.165, 1.54) is 0 Å². The van der Waals surface area contributed by atoms with Gasteiger partial charge in [-0.05, 0) is 12.8 Å². The molecule has 4 aliphatic rings. The van der Waals surface area contributed by atoms with Crippen molar-refractivity contribution in [1.82, 2.24) is 19.9 Å². The van der Waals surface area contributed by atoms with Gasteiger partial charge in [-0.15, -0.1) is 11.5 Å². The second-order valence-electron chi connectivity index (χ2n) is 6.44. The molecule has 7 heteroatoms. The molecule has 7 nitrogen and oxygen atoms in total. The maximum atomic E-state index is 9.65. The number of rotatable bonds is 3. The second-order valence-corrected chi connectivity index (χ2v) is 6.44. The van der Waals surface area contributed by atoms with E-state index in [4.69, 9.17) is 11.2 Å². The molecule has 0 aromatic carbocycles. The van der Waals surface area contributed by atoms with Crippen molar-refractivity contribution in [2.75, 3.05) is 26.4 Å². The average Bonchev–Trinajstić information content (AvgIpc) is 3.14. The Hall–Kier alpha value is -1.46. The number of aromatic nitrogens is 3. The van der Waals surface area contributed by atoms with Crippen molar-refractivity contribution < 1.29 is 14.9 Å². The first-order chi connectivity index (χ1) is 10.1. The fourth-order valence-corrected chi connectivity index (χ4v) is 4.25. The molecular weight excluding hydrogens is 272 g/mol. The molecule has 5 rings (SSSR count). The highest BCUT2D eigenvalue weighted by Gasteiger charge is 2.69. The topological polar surface area (TPSA) is 83.6 Å². The summed E-state index contributed by atoms with van der Waals surface area (Å²) >= 11 is 0. The second kappa shape index (κ2) is 4.27. The van der Waals surface area contributed by atoms with E-state index in [1.54, 1.807) is 6.20 Å². The van der Waals surface area contributed by atoms with Crippen LogP contribution in [0.5, 0.6) is 0 Å². The van der Waals surface area contributed by atoms with Gasteiger partial charge in [0.1, 0.15) is 5.69 Å². The Kier molecular flexibility index (Phi) is 2.69. The number of hydrogen-bond acceptors (Lipinski definition) is 6. The van der Waals surface area contributed by atoms with Crippen molar-refractivity contribution in [3.63, 3.8) is 0 Å². The molecule has 1 unspecified atom stereocenters. The summed E-state index contributed by atoms with van der Waals surface area (Å²) in [6, 6.07) is 0.0578. The Morgan fingerprint density at radius 3 is 3.05 bits per heavy atom. The van der Waals surface area contributed by atoms with E-state index in [2.05, 4.69) is 21.1 Å². The van der Waals surface area contributed by atoms with Gasteiger partial charge in [0, 0.05) is 12.1 Å². The summed E-state index contributed by atoms with van der Waals surface area (Å²) in [4.78, 5) is 2.36. The lowest BCUT2D eigenvalue weighted by atomic mass is 9.67. The third kappa shape index (κ3) is 1.64. The quantitative estimate of drug-likeness (QED) is 0.686. The van der Waals surface area contributed by atoms with E-state index in [0.29, 0.717) is 18.9 Å². The van der Waals surface area contributed by atoms with Crippen LogP contribution in [0.3, 0.4) is 0 Å². The van der Waals surface area contributed by atoms with Gasteiger partial charge in [0.15, 0.2) is 6.10 Å². The molecule has 3 aliphatic heterocycles. The minimum Gasteiger partial charge on any atom is -0.395 e. The minimum absolute atomic E-state index is 0.0303. The predicted octanol–water partition coefficient (Wildman–Crippen LogP) is -1.12. The van der Waals surface area contributed by atoms with Crippen LogP contribution in [-0.2, 0) is 10.3 Å². The van der Waals surface area contributed by atoms with Crippen molar-refractivity contribution >= 4 is 0 Å².